The number of carbonyl (C=O) groups is 1. The number of hydrogen-bond donors (Lipinski definition) is 1. The molecule has 8 nitrogen and oxygen atoms in total. The molecule has 0 aliphatic carbocycles. The maximum absolute atomic E-state index is 12.2. The van der Waals surface area contributed by atoms with Crippen molar-refractivity contribution in [2.75, 3.05) is 19.0 Å². The quantitative estimate of drug-likeness (QED) is 0.539. The van der Waals surface area contributed by atoms with Crippen LogP contribution in [0.25, 0.3) is 16.3 Å². The Balaban J connectivity index is 1.43. The molecule has 2 aromatic heterocycles. The van der Waals surface area contributed by atoms with Crippen LogP contribution in [0.3, 0.4) is 0 Å². The SMILES string of the molecule is COc1ccc(OCC(=O)Nc2nn3c(-c4cccc(C)c4)nnc3s2)cc1. The second-order valence-electron chi connectivity index (χ2n) is 6.01. The van der Waals surface area contributed by atoms with Gasteiger partial charge in [-0.1, -0.05) is 35.1 Å². The van der Waals surface area contributed by atoms with Gasteiger partial charge in [0.2, 0.25) is 10.1 Å². The predicted molar refractivity (Wildman–Crippen MR) is 106 cm³/mol. The minimum atomic E-state index is -0.308. The van der Waals surface area contributed by atoms with Crippen LogP contribution in [0.1, 0.15) is 5.56 Å². The van der Waals surface area contributed by atoms with Gasteiger partial charge in [-0.3, -0.25) is 10.1 Å². The summed E-state index contributed by atoms with van der Waals surface area (Å²) in [7, 11) is 1.59. The first-order valence-corrected chi connectivity index (χ1v) is 9.30. The van der Waals surface area contributed by atoms with Crippen molar-refractivity contribution < 1.29 is 14.3 Å². The van der Waals surface area contributed by atoms with Crippen LogP contribution in [0, 0.1) is 6.92 Å². The Hall–Kier alpha value is -3.46. The third-order valence-corrected chi connectivity index (χ3v) is 4.76. The summed E-state index contributed by atoms with van der Waals surface area (Å²) in [5.41, 5.74) is 2.03. The molecule has 0 aliphatic rings. The molecule has 2 heterocycles. The van der Waals surface area contributed by atoms with Crippen molar-refractivity contribution in [1.29, 1.82) is 0 Å². The van der Waals surface area contributed by atoms with Gasteiger partial charge in [-0.15, -0.1) is 15.3 Å². The van der Waals surface area contributed by atoms with Gasteiger partial charge in [0.15, 0.2) is 12.4 Å². The van der Waals surface area contributed by atoms with Crippen LogP contribution < -0.4 is 14.8 Å². The highest BCUT2D eigenvalue weighted by molar-refractivity contribution is 7.20. The fraction of sp³-hybridized carbons (Fsp3) is 0.158. The molecule has 1 N–H and O–H groups in total. The fourth-order valence-electron chi connectivity index (χ4n) is 2.61. The van der Waals surface area contributed by atoms with E-state index in [2.05, 4.69) is 20.6 Å². The Morgan fingerprint density at radius 1 is 1.14 bits per heavy atom. The number of anilines is 1. The third-order valence-electron chi connectivity index (χ3n) is 3.94. The van der Waals surface area contributed by atoms with Crippen molar-refractivity contribution >= 4 is 27.3 Å². The summed E-state index contributed by atoms with van der Waals surface area (Å²) in [6, 6.07) is 14.9. The lowest BCUT2D eigenvalue weighted by Gasteiger charge is -2.06. The zero-order chi connectivity index (χ0) is 19.5. The molecule has 4 rings (SSSR count). The van der Waals surface area contributed by atoms with Gasteiger partial charge in [0, 0.05) is 5.56 Å². The number of benzene rings is 2. The number of ether oxygens (including phenoxy) is 2. The van der Waals surface area contributed by atoms with E-state index in [1.807, 2.05) is 31.2 Å². The Kier molecular flexibility index (Phi) is 4.90. The summed E-state index contributed by atoms with van der Waals surface area (Å²) in [6.45, 7) is 1.88. The van der Waals surface area contributed by atoms with Crippen LogP contribution in [-0.2, 0) is 4.79 Å². The largest absolute Gasteiger partial charge is 0.497 e. The summed E-state index contributed by atoms with van der Waals surface area (Å²) < 4.78 is 12.2. The summed E-state index contributed by atoms with van der Waals surface area (Å²) in [6.07, 6.45) is 0. The molecule has 0 atom stereocenters. The lowest BCUT2D eigenvalue weighted by atomic mass is 10.1. The molecule has 0 radical (unpaired) electrons. The third kappa shape index (κ3) is 3.79. The van der Waals surface area contributed by atoms with E-state index in [1.165, 1.54) is 11.3 Å². The summed E-state index contributed by atoms with van der Waals surface area (Å²) in [5.74, 6) is 1.62. The topological polar surface area (TPSA) is 90.6 Å². The van der Waals surface area contributed by atoms with E-state index in [4.69, 9.17) is 9.47 Å². The number of aryl methyl sites for hydroxylation is 1. The predicted octanol–water partition coefficient (Wildman–Crippen LogP) is 3.19. The summed E-state index contributed by atoms with van der Waals surface area (Å²) in [5, 5.41) is 15.9. The van der Waals surface area contributed by atoms with Crippen molar-refractivity contribution in [1.82, 2.24) is 19.8 Å². The molecule has 0 unspecified atom stereocenters. The highest BCUT2D eigenvalue weighted by atomic mass is 32.1. The van der Waals surface area contributed by atoms with E-state index in [1.54, 1.807) is 35.9 Å². The van der Waals surface area contributed by atoms with Crippen molar-refractivity contribution in [3.05, 3.63) is 54.1 Å². The minimum absolute atomic E-state index is 0.128. The molecule has 0 saturated carbocycles. The van der Waals surface area contributed by atoms with Crippen LogP contribution >= 0.6 is 11.3 Å². The molecular formula is C19H17N5O3S. The van der Waals surface area contributed by atoms with Crippen LogP contribution in [0.5, 0.6) is 11.5 Å². The number of rotatable bonds is 6. The van der Waals surface area contributed by atoms with E-state index in [0.717, 1.165) is 16.9 Å². The molecule has 0 spiro atoms. The Labute approximate surface area is 164 Å². The first-order valence-electron chi connectivity index (χ1n) is 8.48. The van der Waals surface area contributed by atoms with Crippen molar-refractivity contribution in [3.8, 4) is 22.9 Å². The summed E-state index contributed by atoms with van der Waals surface area (Å²) in [4.78, 5) is 12.8. The normalized spacial score (nSPS) is 10.8. The van der Waals surface area contributed by atoms with Crippen molar-refractivity contribution in [3.63, 3.8) is 0 Å². The van der Waals surface area contributed by atoms with E-state index in [0.29, 0.717) is 21.7 Å². The molecule has 142 valence electrons. The average Bonchev–Trinajstić information content (AvgIpc) is 3.27. The van der Waals surface area contributed by atoms with E-state index in [-0.39, 0.29) is 12.5 Å². The number of nitrogens with zero attached hydrogens (tertiary/aromatic N) is 4. The van der Waals surface area contributed by atoms with Gasteiger partial charge < -0.3 is 9.47 Å². The first kappa shape index (κ1) is 17.9. The number of carbonyl (C=O) groups excluding carboxylic acids is 1. The number of amides is 1. The number of hydrogen-bond acceptors (Lipinski definition) is 7. The van der Waals surface area contributed by atoms with Gasteiger partial charge in [-0.05, 0) is 37.3 Å². The zero-order valence-corrected chi connectivity index (χ0v) is 16.1. The molecule has 4 aromatic rings. The lowest BCUT2D eigenvalue weighted by molar-refractivity contribution is -0.118. The molecule has 0 aliphatic heterocycles. The Morgan fingerprint density at radius 2 is 1.93 bits per heavy atom. The highest BCUT2D eigenvalue weighted by Crippen LogP contribution is 2.24. The van der Waals surface area contributed by atoms with E-state index >= 15 is 0 Å². The van der Waals surface area contributed by atoms with Crippen LogP contribution in [0.2, 0.25) is 0 Å². The molecule has 0 bridgehead atoms. The smallest absolute Gasteiger partial charge is 0.264 e. The molecule has 9 heteroatoms. The lowest BCUT2D eigenvalue weighted by Crippen LogP contribution is -2.20. The first-order chi connectivity index (χ1) is 13.6. The van der Waals surface area contributed by atoms with E-state index < -0.39 is 0 Å². The zero-order valence-electron chi connectivity index (χ0n) is 15.2. The van der Waals surface area contributed by atoms with Gasteiger partial charge in [0.05, 0.1) is 7.11 Å². The minimum Gasteiger partial charge on any atom is -0.497 e. The highest BCUT2D eigenvalue weighted by Gasteiger charge is 2.15. The number of fused-ring (bicyclic) bond motifs is 1. The van der Waals surface area contributed by atoms with Crippen LogP contribution in [0.4, 0.5) is 5.13 Å². The van der Waals surface area contributed by atoms with Gasteiger partial charge in [0.1, 0.15) is 11.5 Å². The number of aromatic nitrogens is 4. The standard InChI is InChI=1S/C19H17N5O3S/c1-12-4-3-5-13(10-12)17-21-22-19-24(17)23-18(28-19)20-16(25)11-27-15-8-6-14(26-2)7-9-15/h3-10H,11H2,1-2H3,(H,20,23,25). The maximum atomic E-state index is 12.2. The molecule has 0 fully saturated rings. The second kappa shape index (κ2) is 7.65. The van der Waals surface area contributed by atoms with Gasteiger partial charge in [-0.25, -0.2) is 0 Å². The monoisotopic (exact) mass is 395 g/mol. The summed E-state index contributed by atoms with van der Waals surface area (Å²) >= 11 is 1.25. The maximum Gasteiger partial charge on any atom is 0.264 e. The second-order valence-corrected chi connectivity index (χ2v) is 6.96. The van der Waals surface area contributed by atoms with Gasteiger partial charge in [0.25, 0.3) is 5.91 Å². The molecular weight excluding hydrogens is 378 g/mol. The van der Waals surface area contributed by atoms with Crippen molar-refractivity contribution in [2.24, 2.45) is 0 Å². The molecule has 2 aromatic carbocycles. The van der Waals surface area contributed by atoms with Crippen LogP contribution in [-0.4, -0.2) is 39.4 Å². The van der Waals surface area contributed by atoms with Crippen molar-refractivity contribution in [2.45, 2.75) is 6.92 Å². The fourth-order valence-corrected chi connectivity index (χ4v) is 3.36. The molecule has 28 heavy (non-hydrogen) atoms. The molecule has 0 saturated heterocycles. The van der Waals surface area contributed by atoms with Crippen LogP contribution in [0.15, 0.2) is 48.5 Å². The number of methoxy groups -OCH3 is 1. The Bertz CT molecular complexity index is 1120. The average molecular weight is 395 g/mol. The van der Waals surface area contributed by atoms with Gasteiger partial charge >= 0.3 is 0 Å². The number of nitrogens with one attached hydrogen (secondary N) is 1. The van der Waals surface area contributed by atoms with Gasteiger partial charge in [-0.2, -0.15) is 4.52 Å². The van der Waals surface area contributed by atoms with E-state index in [9.17, 15) is 4.79 Å². The molecule has 1 amide bonds. The Morgan fingerprint density at radius 3 is 2.68 bits per heavy atom.